The van der Waals surface area contributed by atoms with Crippen LogP contribution in [0.25, 0.3) is 0 Å². The summed E-state index contributed by atoms with van der Waals surface area (Å²) >= 11 is 0. The molecule has 22 heavy (non-hydrogen) atoms. The van der Waals surface area contributed by atoms with Crippen LogP contribution in [0.4, 0.5) is 0 Å². The fraction of sp³-hybridized carbons (Fsp3) is 0.500. The molecule has 6 nitrogen and oxygen atoms in total. The lowest BCUT2D eigenvalue weighted by Crippen LogP contribution is -2.44. The number of amides is 2. The number of ether oxygens (including phenoxy) is 2. The first kappa shape index (κ1) is 16.1. The van der Waals surface area contributed by atoms with Crippen molar-refractivity contribution in [1.82, 2.24) is 10.6 Å². The van der Waals surface area contributed by atoms with Crippen LogP contribution >= 0.6 is 0 Å². The second-order valence-electron chi connectivity index (χ2n) is 5.79. The van der Waals surface area contributed by atoms with E-state index in [2.05, 4.69) is 10.6 Å². The van der Waals surface area contributed by atoms with Crippen molar-refractivity contribution in [3.05, 3.63) is 23.8 Å². The fourth-order valence-electron chi connectivity index (χ4n) is 2.13. The Kier molecular flexibility index (Phi) is 5.25. The summed E-state index contributed by atoms with van der Waals surface area (Å²) in [6.07, 6.45) is 0.416. The number of rotatable bonds is 6. The highest BCUT2D eigenvalue weighted by molar-refractivity contribution is 5.87. The van der Waals surface area contributed by atoms with Crippen molar-refractivity contribution in [1.29, 1.82) is 0 Å². The molecular formula is C16H22N2O4. The van der Waals surface area contributed by atoms with Crippen LogP contribution in [0.1, 0.15) is 32.8 Å². The Bertz CT molecular complexity index is 557. The topological polar surface area (TPSA) is 76.7 Å². The van der Waals surface area contributed by atoms with Crippen molar-refractivity contribution in [2.45, 2.75) is 39.8 Å². The minimum atomic E-state index is -0.555. The van der Waals surface area contributed by atoms with E-state index < -0.39 is 6.04 Å². The second-order valence-corrected chi connectivity index (χ2v) is 5.79. The average molecular weight is 306 g/mol. The molecule has 0 aliphatic carbocycles. The Morgan fingerprint density at radius 3 is 2.64 bits per heavy atom. The fourth-order valence-corrected chi connectivity index (χ4v) is 2.13. The van der Waals surface area contributed by atoms with Gasteiger partial charge in [0.1, 0.15) is 6.04 Å². The van der Waals surface area contributed by atoms with Gasteiger partial charge in [0.2, 0.25) is 18.6 Å². The number of fused-ring (bicyclic) bond motifs is 1. The summed E-state index contributed by atoms with van der Waals surface area (Å²) in [4.78, 5) is 23.6. The molecule has 6 heteroatoms. The molecule has 1 aromatic carbocycles. The van der Waals surface area contributed by atoms with E-state index in [-0.39, 0.29) is 24.5 Å². The molecule has 2 amide bonds. The van der Waals surface area contributed by atoms with E-state index >= 15 is 0 Å². The van der Waals surface area contributed by atoms with Gasteiger partial charge in [-0.3, -0.25) is 9.59 Å². The molecule has 0 saturated carbocycles. The minimum absolute atomic E-state index is 0.110. The van der Waals surface area contributed by atoms with E-state index in [0.29, 0.717) is 24.5 Å². The van der Waals surface area contributed by atoms with E-state index in [9.17, 15) is 9.59 Å². The van der Waals surface area contributed by atoms with Crippen LogP contribution in [-0.4, -0.2) is 24.6 Å². The van der Waals surface area contributed by atoms with Crippen LogP contribution in [0.2, 0.25) is 0 Å². The third kappa shape index (κ3) is 4.38. The van der Waals surface area contributed by atoms with Crippen molar-refractivity contribution in [2.24, 2.45) is 5.92 Å². The van der Waals surface area contributed by atoms with Gasteiger partial charge in [0, 0.05) is 13.0 Å². The standard InChI is InChI=1S/C16H22N2O4/c1-10(2)6-15(19)18-11(3)16(20)17-8-12-4-5-13-14(7-12)22-9-21-13/h4-5,7,10-11H,6,8-9H2,1-3H3,(H,17,20)(H,18,19)/t11-/m0/s1. The highest BCUT2D eigenvalue weighted by Crippen LogP contribution is 2.32. The minimum Gasteiger partial charge on any atom is -0.454 e. The third-order valence-corrected chi connectivity index (χ3v) is 3.27. The van der Waals surface area contributed by atoms with Crippen molar-refractivity contribution >= 4 is 11.8 Å². The molecule has 1 atom stereocenters. The molecular weight excluding hydrogens is 284 g/mol. The second kappa shape index (κ2) is 7.15. The van der Waals surface area contributed by atoms with Crippen LogP contribution in [-0.2, 0) is 16.1 Å². The summed E-state index contributed by atoms with van der Waals surface area (Å²) in [5.74, 6) is 1.34. The molecule has 0 fully saturated rings. The molecule has 2 rings (SSSR count). The maximum Gasteiger partial charge on any atom is 0.242 e. The number of hydrogen-bond acceptors (Lipinski definition) is 4. The van der Waals surface area contributed by atoms with E-state index in [1.807, 2.05) is 32.0 Å². The Balaban J connectivity index is 1.80. The Morgan fingerprint density at radius 2 is 1.91 bits per heavy atom. The van der Waals surface area contributed by atoms with Crippen molar-refractivity contribution in [3.63, 3.8) is 0 Å². The first-order valence-corrected chi connectivity index (χ1v) is 7.41. The predicted molar refractivity (Wildman–Crippen MR) is 81.5 cm³/mol. The summed E-state index contributed by atoms with van der Waals surface area (Å²) in [6.45, 7) is 6.20. The number of hydrogen-bond donors (Lipinski definition) is 2. The highest BCUT2D eigenvalue weighted by Gasteiger charge is 2.17. The summed E-state index contributed by atoms with van der Waals surface area (Å²) < 4.78 is 10.5. The normalized spacial score (nSPS) is 13.8. The number of nitrogens with one attached hydrogen (secondary N) is 2. The summed E-state index contributed by atoms with van der Waals surface area (Å²) in [5, 5.41) is 5.49. The van der Waals surface area contributed by atoms with Crippen LogP contribution in [0.3, 0.4) is 0 Å². The molecule has 0 spiro atoms. The third-order valence-electron chi connectivity index (χ3n) is 3.27. The van der Waals surface area contributed by atoms with Gasteiger partial charge < -0.3 is 20.1 Å². The van der Waals surface area contributed by atoms with Gasteiger partial charge in [-0.2, -0.15) is 0 Å². The molecule has 0 bridgehead atoms. The van der Waals surface area contributed by atoms with Gasteiger partial charge in [0.25, 0.3) is 0 Å². The van der Waals surface area contributed by atoms with Crippen molar-refractivity contribution in [3.8, 4) is 11.5 Å². The molecule has 1 aromatic rings. The average Bonchev–Trinajstić information content (AvgIpc) is 2.91. The molecule has 0 unspecified atom stereocenters. The van der Waals surface area contributed by atoms with Gasteiger partial charge >= 0.3 is 0 Å². The first-order chi connectivity index (χ1) is 10.5. The molecule has 2 N–H and O–H groups in total. The van der Waals surface area contributed by atoms with Gasteiger partial charge in [-0.25, -0.2) is 0 Å². The van der Waals surface area contributed by atoms with Crippen LogP contribution in [0.15, 0.2) is 18.2 Å². The lowest BCUT2D eigenvalue weighted by Gasteiger charge is -2.15. The lowest BCUT2D eigenvalue weighted by molar-refractivity contribution is -0.129. The van der Waals surface area contributed by atoms with Crippen LogP contribution in [0.5, 0.6) is 11.5 Å². The van der Waals surface area contributed by atoms with E-state index in [1.54, 1.807) is 6.92 Å². The zero-order chi connectivity index (χ0) is 16.1. The monoisotopic (exact) mass is 306 g/mol. The summed E-state index contributed by atoms with van der Waals surface area (Å²) in [7, 11) is 0. The van der Waals surface area contributed by atoms with Gasteiger partial charge in [-0.15, -0.1) is 0 Å². The lowest BCUT2D eigenvalue weighted by atomic mass is 10.1. The summed E-state index contributed by atoms with van der Waals surface area (Å²) in [6, 6.07) is 4.97. The van der Waals surface area contributed by atoms with Gasteiger partial charge in [-0.05, 0) is 30.5 Å². The van der Waals surface area contributed by atoms with Gasteiger partial charge in [-0.1, -0.05) is 19.9 Å². The quantitative estimate of drug-likeness (QED) is 0.836. The highest BCUT2D eigenvalue weighted by atomic mass is 16.7. The van der Waals surface area contributed by atoms with Crippen LogP contribution in [0, 0.1) is 5.92 Å². The number of benzene rings is 1. The molecule has 0 radical (unpaired) electrons. The van der Waals surface area contributed by atoms with E-state index in [0.717, 1.165) is 5.56 Å². The first-order valence-electron chi connectivity index (χ1n) is 7.41. The van der Waals surface area contributed by atoms with Crippen LogP contribution < -0.4 is 20.1 Å². The maximum atomic E-state index is 12.0. The summed E-state index contributed by atoms with van der Waals surface area (Å²) in [5.41, 5.74) is 0.915. The Morgan fingerprint density at radius 1 is 1.18 bits per heavy atom. The van der Waals surface area contributed by atoms with Gasteiger partial charge in [0.15, 0.2) is 11.5 Å². The largest absolute Gasteiger partial charge is 0.454 e. The van der Waals surface area contributed by atoms with E-state index in [4.69, 9.17) is 9.47 Å². The van der Waals surface area contributed by atoms with Gasteiger partial charge in [0.05, 0.1) is 0 Å². The molecule has 1 aliphatic heterocycles. The smallest absolute Gasteiger partial charge is 0.242 e. The Hall–Kier alpha value is -2.24. The molecule has 1 aliphatic rings. The molecule has 0 saturated heterocycles. The Labute approximate surface area is 130 Å². The zero-order valence-electron chi connectivity index (χ0n) is 13.1. The molecule has 1 heterocycles. The maximum absolute atomic E-state index is 12.0. The zero-order valence-corrected chi connectivity index (χ0v) is 13.1. The molecule has 0 aromatic heterocycles. The van der Waals surface area contributed by atoms with Crippen molar-refractivity contribution in [2.75, 3.05) is 6.79 Å². The van der Waals surface area contributed by atoms with Crippen molar-refractivity contribution < 1.29 is 19.1 Å². The molecule has 120 valence electrons. The number of carbonyl (C=O) groups is 2. The number of carbonyl (C=O) groups excluding carboxylic acids is 2. The SMILES string of the molecule is CC(C)CC(=O)N[C@@H](C)C(=O)NCc1ccc2c(c1)OCO2. The van der Waals surface area contributed by atoms with E-state index in [1.165, 1.54) is 0 Å². The predicted octanol–water partition coefficient (Wildman–Crippen LogP) is 1.58.